The molecule has 1 aliphatic rings. The van der Waals surface area contributed by atoms with Gasteiger partial charge >= 0.3 is 0 Å². The molecule has 5 heteroatoms. The van der Waals surface area contributed by atoms with Crippen molar-refractivity contribution in [2.24, 2.45) is 5.92 Å². The van der Waals surface area contributed by atoms with Crippen molar-refractivity contribution in [1.29, 1.82) is 0 Å². The molecule has 0 aliphatic carbocycles. The van der Waals surface area contributed by atoms with Gasteiger partial charge in [0, 0.05) is 19.6 Å². The normalized spacial score (nSPS) is 16.8. The van der Waals surface area contributed by atoms with Crippen molar-refractivity contribution in [3.8, 4) is 0 Å². The third kappa shape index (κ3) is 4.89. The van der Waals surface area contributed by atoms with Gasteiger partial charge in [-0.15, -0.1) is 0 Å². The highest BCUT2D eigenvalue weighted by Gasteiger charge is 2.29. The Kier molecular flexibility index (Phi) is 6.51. The number of carbonyl (C=O) groups excluding carboxylic acids is 2. The molecule has 1 N–H and O–H groups in total. The summed E-state index contributed by atoms with van der Waals surface area (Å²) in [4.78, 5) is 27.1. The molecule has 2 aromatic carbocycles. The van der Waals surface area contributed by atoms with E-state index in [1.165, 1.54) is 5.56 Å². The van der Waals surface area contributed by atoms with E-state index in [0.29, 0.717) is 30.2 Å². The van der Waals surface area contributed by atoms with E-state index in [1.54, 1.807) is 29.2 Å². The first-order chi connectivity index (χ1) is 13.1. The van der Waals surface area contributed by atoms with Crippen LogP contribution in [-0.2, 0) is 17.8 Å². The summed E-state index contributed by atoms with van der Waals surface area (Å²) in [7, 11) is 0. The summed E-state index contributed by atoms with van der Waals surface area (Å²) in [6, 6.07) is 15.3. The van der Waals surface area contributed by atoms with Crippen LogP contribution in [0.25, 0.3) is 0 Å². The van der Waals surface area contributed by atoms with Crippen LogP contribution in [0.2, 0.25) is 5.02 Å². The number of halogens is 1. The van der Waals surface area contributed by atoms with Gasteiger partial charge in [0.05, 0.1) is 16.5 Å². The van der Waals surface area contributed by atoms with E-state index in [0.717, 1.165) is 24.8 Å². The van der Waals surface area contributed by atoms with Crippen LogP contribution in [0.15, 0.2) is 48.5 Å². The fraction of sp³-hybridized carbons (Fsp3) is 0.364. The minimum atomic E-state index is -0.180. The van der Waals surface area contributed by atoms with Crippen molar-refractivity contribution in [3.63, 3.8) is 0 Å². The van der Waals surface area contributed by atoms with Crippen molar-refractivity contribution in [1.82, 2.24) is 10.2 Å². The number of carbonyl (C=O) groups is 2. The Hall–Kier alpha value is -2.33. The molecule has 0 aromatic heterocycles. The van der Waals surface area contributed by atoms with Gasteiger partial charge in [-0.1, -0.05) is 54.9 Å². The SMILES string of the molecule is CCc1ccc(CNC(=O)[C@H]2CCCN(C(=O)c3ccccc3Cl)C2)cc1. The van der Waals surface area contributed by atoms with Gasteiger partial charge in [-0.05, 0) is 42.5 Å². The lowest BCUT2D eigenvalue weighted by atomic mass is 9.96. The van der Waals surface area contributed by atoms with Crippen molar-refractivity contribution in [2.75, 3.05) is 13.1 Å². The van der Waals surface area contributed by atoms with Crippen LogP contribution in [0.3, 0.4) is 0 Å². The number of rotatable bonds is 5. The zero-order valence-corrected chi connectivity index (χ0v) is 16.3. The summed E-state index contributed by atoms with van der Waals surface area (Å²) >= 11 is 6.15. The standard InChI is InChI=1S/C22H25ClN2O2/c1-2-16-9-11-17(12-10-16)14-24-21(26)18-6-5-13-25(15-18)22(27)19-7-3-4-8-20(19)23/h3-4,7-12,18H,2,5-6,13-15H2,1H3,(H,24,26)/t18-/m0/s1. The van der Waals surface area contributed by atoms with E-state index in [-0.39, 0.29) is 17.7 Å². The zero-order chi connectivity index (χ0) is 19.2. The van der Waals surface area contributed by atoms with E-state index in [2.05, 4.69) is 24.4 Å². The van der Waals surface area contributed by atoms with Crippen molar-refractivity contribution in [3.05, 3.63) is 70.2 Å². The van der Waals surface area contributed by atoms with Gasteiger partial charge in [0.2, 0.25) is 5.91 Å². The Morgan fingerprint density at radius 3 is 2.52 bits per heavy atom. The van der Waals surface area contributed by atoms with Gasteiger partial charge in [0.1, 0.15) is 0 Å². The molecule has 0 saturated carbocycles. The topological polar surface area (TPSA) is 49.4 Å². The Labute approximate surface area is 165 Å². The monoisotopic (exact) mass is 384 g/mol. The Morgan fingerprint density at radius 1 is 1.11 bits per heavy atom. The number of benzene rings is 2. The average Bonchev–Trinajstić information content (AvgIpc) is 2.72. The number of hydrogen-bond acceptors (Lipinski definition) is 2. The summed E-state index contributed by atoms with van der Waals surface area (Å²) < 4.78 is 0. The van der Waals surface area contributed by atoms with Crippen molar-refractivity contribution >= 4 is 23.4 Å². The van der Waals surface area contributed by atoms with E-state index >= 15 is 0 Å². The quantitative estimate of drug-likeness (QED) is 0.844. The van der Waals surface area contributed by atoms with Gasteiger partial charge in [0.25, 0.3) is 5.91 Å². The third-order valence-corrected chi connectivity index (χ3v) is 5.41. The molecule has 2 aromatic rings. The average molecular weight is 385 g/mol. The first kappa shape index (κ1) is 19.4. The fourth-order valence-electron chi connectivity index (χ4n) is 3.41. The summed E-state index contributed by atoms with van der Waals surface area (Å²) in [5.41, 5.74) is 2.86. The molecule has 0 bridgehead atoms. The van der Waals surface area contributed by atoms with Crippen molar-refractivity contribution in [2.45, 2.75) is 32.7 Å². The number of hydrogen-bond donors (Lipinski definition) is 1. The molecule has 1 saturated heterocycles. The van der Waals surface area contributed by atoms with Crippen LogP contribution >= 0.6 is 11.6 Å². The zero-order valence-electron chi connectivity index (χ0n) is 15.6. The summed E-state index contributed by atoms with van der Waals surface area (Å²) in [6.45, 7) is 3.73. The molecule has 1 fully saturated rings. The molecular formula is C22H25ClN2O2. The number of amides is 2. The molecule has 2 amide bonds. The van der Waals surface area contributed by atoms with Crippen LogP contribution < -0.4 is 5.32 Å². The molecule has 0 radical (unpaired) electrons. The summed E-state index contributed by atoms with van der Waals surface area (Å²) in [5.74, 6) is -0.278. The van der Waals surface area contributed by atoms with Crippen LogP contribution in [0.5, 0.6) is 0 Å². The highest BCUT2D eigenvalue weighted by Crippen LogP contribution is 2.22. The largest absolute Gasteiger partial charge is 0.352 e. The molecule has 27 heavy (non-hydrogen) atoms. The Balaban J connectivity index is 1.57. The lowest BCUT2D eigenvalue weighted by Crippen LogP contribution is -2.45. The number of nitrogens with one attached hydrogen (secondary N) is 1. The van der Waals surface area contributed by atoms with E-state index < -0.39 is 0 Å². The third-order valence-electron chi connectivity index (χ3n) is 5.08. The maximum absolute atomic E-state index is 12.7. The molecule has 1 aliphatic heterocycles. The second kappa shape index (κ2) is 9.05. The second-order valence-electron chi connectivity index (χ2n) is 6.96. The van der Waals surface area contributed by atoms with Crippen LogP contribution in [0.4, 0.5) is 0 Å². The lowest BCUT2D eigenvalue weighted by molar-refractivity contribution is -0.126. The number of piperidine rings is 1. The molecular weight excluding hydrogens is 360 g/mol. The fourth-order valence-corrected chi connectivity index (χ4v) is 3.62. The van der Waals surface area contributed by atoms with E-state index in [1.807, 2.05) is 12.1 Å². The molecule has 0 unspecified atom stereocenters. The van der Waals surface area contributed by atoms with Crippen LogP contribution in [0, 0.1) is 5.92 Å². The molecule has 142 valence electrons. The number of likely N-dealkylation sites (tertiary alicyclic amines) is 1. The predicted octanol–water partition coefficient (Wildman–Crippen LogP) is 4.07. The van der Waals surface area contributed by atoms with Gasteiger partial charge in [-0.25, -0.2) is 0 Å². The van der Waals surface area contributed by atoms with Gasteiger partial charge < -0.3 is 10.2 Å². The number of aryl methyl sites for hydroxylation is 1. The Bertz CT molecular complexity index is 804. The molecule has 0 spiro atoms. The Morgan fingerprint density at radius 2 is 1.81 bits per heavy atom. The molecule has 1 heterocycles. The summed E-state index contributed by atoms with van der Waals surface area (Å²) in [6.07, 6.45) is 2.62. The molecule has 3 rings (SSSR count). The van der Waals surface area contributed by atoms with Gasteiger partial charge in [0.15, 0.2) is 0 Å². The number of nitrogens with zero attached hydrogens (tertiary/aromatic N) is 1. The first-order valence-corrected chi connectivity index (χ1v) is 9.85. The van der Waals surface area contributed by atoms with E-state index in [4.69, 9.17) is 11.6 Å². The minimum absolute atomic E-state index is 0.00577. The highest BCUT2D eigenvalue weighted by molar-refractivity contribution is 6.33. The van der Waals surface area contributed by atoms with Crippen molar-refractivity contribution < 1.29 is 9.59 Å². The van der Waals surface area contributed by atoms with Gasteiger partial charge in [-0.3, -0.25) is 9.59 Å². The van der Waals surface area contributed by atoms with Crippen LogP contribution in [-0.4, -0.2) is 29.8 Å². The smallest absolute Gasteiger partial charge is 0.255 e. The summed E-state index contributed by atoms with van der Waals surface area (Å²) in [5, 5.41) is 3.46. The van der Waals surface area contributed by atoms with Crippen LogP contribution in [0.1, 0.15) is 41.3 Å². The molecule has 1 atom stereocenters. The predicted molar refractivity (Wildman–Crippen MR) is 108 cm³/mol. The maximum Gasteiger partial charge on any atom is 0.255 e. The lowest BCUT2D eigenvalue weighted by Gasteiger charge is -2.32. The molecule has 4 nitrogen and oxygen atoms in total. The van der Waals surface area contributed by atoms with E-state index in [9.17, 15) is 9.59 Å². The first-order valence-electron chi connectivity index (χ1n) is 9.47. The van der Waals surface area contributed by atoms with Gasteiger partial charge in [-0.2, -0.15) is 0 Å². The second-order valence-corrected chi connectivity index (χ2v) is 7.37. The minimum Gasteiger partial charge on any atom is -0.352 e. The maximum atomic E-state index is 12.7. The highest BCUT2D eigenvalue weighted by atomic mass is 35.5.